The Morgan fingerprint density at radius 2 is 1.62 bits per heavy atom. The number of unbranched alkanes of at least 4 members (excludes halogenated alkanes) is 8. The number of carbonyl (C=O) groups excluding carboxylic acids is 1. The monoisotopic (exact) mass is 376 g/mol. The molecule has 1 aromatic rings. The summed E-state index contributed by atoms with van der Waals surface area (Å²) in [6.07, 6.45) is 19.9. The van der Waals surface area contributed by atoms with Gasteiger partial charge in [0, 0.05) is 6.42 Å². The minimum atomic E-state index is -1.35. The van der Waals surface area contributed by atoms with Crippen molar-refractivity contribution in [3.05, 3.63) is 30.0 Å². The van der Waals surface area contributed by atoms with Crippen LogP contribution in [0.4, 0.5) is 0 Å². The highest BCUT2D eigenvalue weighted by molar-refractivity contribution is 6.87. The van der Waals surface area contributed by atoms with Crippen molar-refractivity contribution >= 4 is 19.2 Å². The molecule has 0 spiro atoms. The molecule has 0 fully saturated rings. The third-order valence-electron chi connectivity index (χ3n) is 4.82. The highest BCUT2D eigenvalue weighted by atomic mass is 28.3. The number of hydrogen-bond donors (Lipinski definition) is 0. The number of rotatable bonds is 15. The number of carbonyl (C=O) groups is 1. The lowest BCUT2D eigenvalue weighted by Crippen LogP contribution is -2.36. The average Bonchev–Trinajstić information content (AvgIpc) is 3.06. The third-order valence-corrected chi connectivity index (χ3v) is 6.56. The zero-order chi connectivity index (χ0) is 19.3. The molecule has 1 rings (SSSR count). The van der Waals surface area contributed by atoms with Crippen molar-refractivity contribution in [1.29, 1.82) is 0 Å². The summed E-state index contributed by atoms with van der Waals surface area (Å²) in [6.45, 7) is 9.13. The van der Waals surface area contributed by atoms with Gasteiger partial charge in [-0.25, -0.2) is 0 Å². The van der Waals surface area contributed by atoms with Crippen molar-refractivity contribution in [1.82, 2.24) is 0 Å². The van der Waals surface area contributed by atoms with Gasteiger partial charge in [0.2, 0.25) is 0 Å². The molecule has 0 unspecified atom stereocenters. The predicted molar refractivity (Wildman–Crippen MR) is 116 cm³/mol. The van der Waals surface area contributed by atoms with Crippen LogP contribution < -0.4 is 5.38 Å². The molecule has 0 aliphatic carbocycles. The van der Waals surface area contributed by atoms with Crippen molar-refractivity contribution in [3.8, 4) is 0 Å². The zero-order valence-electron chi connectivity index (χ0n) is 17.6. The maximum Gasteiger partial charge on any atom is 0.155 e. The van der Waals surface area contributed by atoms with E-state index in [0.29, 0.717) is 6.42 Å². The van der Waals surface area contributed by atoms with Crippen molar-refractivity contribution in [2.24, 2.45) is 0 Å². The Morgan fingerprint density at radius 3 is 2.19 bits per heavy atom. The second kappa shape index (κ2) is 13.1. The molecule has 0 atom stereocenters. The molecule has 1 heterocycles. The van der Waals surface area contributed by atoms with Gasteiger partial charge in [-0.1, -0.05) is 84.0 Å². The van der Waals surface area contributed by atoms with E-state index in [1.807, 2.05) is 12.3 Å². The molecule has 0 N–H and O–H groups in total. The maximum atomic E-state index is 11.9. The first kappa shape index (κ1) is 22.9. The predicted octanol–water partition coefficient (Wildman–Crippen LogP) is 6.80. The summed E-state index contributed by atoms with van der Waals surface area (Å²) in [6, 6.07) is 2.20. The van der Waals surface area contributed by atoms with E-state index in [1.54, 1.807) is 6.08 Å². The number of furan rings is 1. The fourth-order valence-corrected chi connectivity index (χ4v) is 4.09. The normalized spacial score (nSPS) is 12.2. The van der Waals surface area contributed by atoms with Crippen LogP contribution in [0, 0.1) is 0 Å². The third kappa shape index (κ3) is 10.8. The number of aryl methyl sites for hydroxylation is 1. The van der Waals surface area contributed by atoms with Crippen LogP contribution in [0.5, 0.6) is 0 Å². The van der Waals surface area contributed by atoms with Crippen molar-refractivity contribution in [2.45, 2.75) is 104 Å². The van der Waals surface area contributed by atoms with Gasteiger partial charge in [0.25, 0.3) is 0 Å². The Kier molecular flexibility index (Phi) is 11.6. The van der Waals surface area contributed by atoms with Gasteiger partial charge in [-0.05, 0) is 37.0 Å². The van der Waals surface area contributed by atoms with Crippen molar-refractivity contribution < 1.29 is 9.21 Å². The minimum absolute atomic E-state index is 0.280. The van der Waals surface area contributed by atoms with Gasteiger partial charge < -0.3 is 4.42 Å². The van der Waals surface area contributed by atoms with E-state index in [0.717, 1.165) is 24.6 Å². The number of allylic oxidation sites excluding steroid dienone is 2. The highest BCUT2D eigenvalue weighted by Crippen LogP contribution is 2.11. The van der Waals surface area contributed by atoms with Gasteiger partial charge in [-0.2, -0.15) is 0 Å². The largest absolute Gasteiger partial charge is 0.474 e. The van der Waals surface area contributed by atoms with Gasteiger partial charge in [0.15, 0.2) is 5.78 Å². The van der Waals surface area contributed by atoms with E-state index in [-0.39, 0.29) is 5.78 Å². The molecule has 0 aliphatic heterocycles. The van der Waals surface area contributed by atoms with Crippen LogP contribution in [-0.4, -0.2) is 13.9 Å². The minimum Gasteiger partial charge on any atom is -0.474 e. The maximum absolute atomic E-state index is 11.9. The van der Waals surface area contributed by atoms with Gasteiger partial charge in [0.1, 0.15) is 8.07 Å². The second-order valence-corrected chi connectivity index (χ2v) is 13.5. The van der Waals surface area contributed by atoms with Crippen LogP contribution in [0.25, 0.3) is 0 Å². The van der Waals surface area contributed by atoms with E-state index < -0.39 is 8.07 Å². The second-order valence-electron chi connectivity index (χ2n) is 8.55. The zero-order valence-corrected chi connectivity index (χ0v) is 18.6. The Balaban J connectivity index is 2.04. The SMILES string of the molecule is CCCCCCCCCCCC(=O)C=CCCc1coc([Si](C)(C)C)c1. The Morgan fingerprint density at radius 1 is 1.00 bits per heavy atom. The molecule has 0 aliphatic rings. The molecule has 0 aromatic carbocycles. The van der Waals surface area contributed by atoms with Crippen LogP contribution in [-0.2, 0) is 11.2 Å². The lowest BCUT2D eigenvalue weighted by Gasteiger charge is -2.10. The van der Waals surface area contributed by atoms with Crippen LogP contribution >= 0.6 is 0 Å². The molecule has 26 heavy (non-hydrogen) atoms. The molecule has 2 nitrogen and oxygen atoms in total. The molecule has 0 amide bonds. The van der Waals surface area contributed by atoms with Crippen LogP contribution in [0.3, 0.4) is 0 Å². The quantitative estimate of drug-likeness (QED) is 0.191. The van der Waals surface area contributed by atoms with Crippen molar-refractivity contribution in [3.63, 3.8) is 0 Å². The summed E-state index contributed by atoms with van der Waals surface area (Å²) >= 11 is 0. The summed E-state index contributed by atoms with van der Waals surface area (Å²) in [5.74, 6) is 0.280. The summed E-state index contributed by atoms with van der Waals surface area (Å²) in [5, 5.41) is 1.16. The standard InChI is InChI=1S/C23H40O2Si/c1-5-6-7-8-9-10-11-12-13-17-22(24)18-15-14-16-21-19-23(25-20-21)26(2,3)4/h15,18-20H,5-14,16-17H2,1-4H3. The summed E-state index contributed by atoms with van der Waals surface area (Å²) in [4.78, 5) is 11.9. The fraction of sp³-hybridized carbons (Fsp3) is 0.696. The smallest absolute Gasteiger partial charge is 0.155 e. The molecule has 0 radical (unpaired) electrons. The molecular weight excluding hydrogens is 336 g/mol. The van der Waals surface area contributed by atoms with E-state index in [9.17, 15) is 4.79 Å². The topological polar surface area (TPSA) is 30.2 Å². The first-order valence-electron chi connectivity index (χ1n) is 10.7. The number of ketones is 1. The van der Waals surface area contributed by atoms with Crippen LogP contribution in [0.2, 0.25) is 19.6 Å². The fourth-order valence-electron chi connectivity index (χ4n) is 3.06. The first-order valence-corrected chi connectivity index (χ1v) is 14.2. The van der Waals surface area contributed by atoms with Crippen LogP contribution in [0.15, 0.2) is 28.9 Å². The molecule has 3 heteroatoms. The molecule has 1 aromatic heterocycles. The van der Waals surface area contributed by atoms with E-state index in [2.05, 4.69) is 32.6 Å². The lowest BCUT2D eigenvalue weighted by atomic mass is 10.1. The molecule has 148 valence electrons. The number of hydrogen-bond acceptors (Lipinski definition) is 2. The van der Waals surface area contributed by atoms with Crippen LogP contribution in [0.1, 0.15) is 83.1 Å². The van der Waals surface area contributed by atoms with E-state index in [1.165, 1.54) is 56.9 Å². The molecule has 0 saturated carbocycles. The molecule has 0 bridgehead atoms. The Bertz CT molecular complexity index is 523. The van der Waals surface area contributed by atoms with E-state index >= 15 is 0 Å². The van der Waals surface area contributed by atoms with E-state index in [4.69, 9.17) is 4.42 Å². The Labute approximate surface area is 162 Å². The van der Waals surface area contributed by atoms with Gasteiger partial charge in [-0.3, -0.25) is 4.79 Å². The first-order chi connectivity index (χ1) is 12.4. The van der Waals surface area contributed by atoms with Gasteiger partial charge in [0.05, 0.1) is 11.6 Å². The summed E-state index contributed by atoms with van der Waals surface area (Å²) in [5.41, 5.74) is 1.25. The summed E-state index contributed by atoms with van der Waals surface area (Å²) in [7, 11) is -1.35. The highest BCUT2D eigenvalue weighted by Gasteiger charge is 2.20. The summed E-state index contributed by atoms with van der Waals surface area (Å²) < 4.78 is 5.69. The average molecular weight is 377 g/mol. The van der Waals surface area contributed by atoms with Gasteiger partial charge >= 0.3 is 0 Å². The molecular formula is C23H40O2Si. The Hall–Kier alpha value is -1.09. The van der Waals surface area contributed by atoms with Gasteiger partial charge in [-0.15, -0.1) is 0 Å². The molecule has 0 saturated heterocycles. The van der Waals surface area contributed by atoms with Crippen molar-refractivity contribution in [2.75, 3.05) is 0 Å². The lowest BCUT2D eigenvalue weighted by molar-refractivity contribution is -0.114.